The first-order valence-electron chi connectivity index (χ1n) is 9.89. The van der Waals surface area contributed by atoms with E-state index in [1.807, 2.05) is 66.1 Å². The highest BCUT2D eigenvalue weighted by Crippen LogP contribution is 2.29. The molecular weight excluding hydrogens is 427 g/mol. The molecule has 0 radical (unpaired) electrons. The molecule has 0 unspecified atom stereocenters. The minimum absolute atomic E-state index is 0.0963. The standard InChI is InChI=1S/C24H21FN4O2S/c1-16-11-12-18(25)14-21(16)26-22(30)15-32-24-28-27-23(17-7-6-10-20(13-17)31-2)29(24)19-8-4-3-5-9-19/h3-14H,15H2,1-2H3,(H,26,30). The van der Waals surface area contributed by atoms with Crippen LogP contribution in [0.1, 0.15) is 5.56 Å². The van der Waals surface area contributed by atoms with Gasteiger partial charge in [0, 0.05) is 16.9 Å². The van der Waals surface area contributed by atoms with Crippen LogP contribution in [0.25, 0.3) is 17.1 Å². The van der Waals surface area contributed by atoms with E-state index in [0.29, 0.717) is 22.4 Å². The first kappa shape index (κ1) is 21.6. The summed E-state index contributed by atoms with van der Waals surface area (Å²) in [6, 6.07) is 21.6. The monoisotopic (exact) mass is 448 g/mol. The van der Waals surface area contributed by atoms with Crippen LogP contribution in [0.2, 0.25) is 0 Å². The van der Waals surface area contributed by atoms with Gasteiger partial charge in [0.1, 0.15) is 11.6 Å². The minimum Gasteiger partial charge on any atom is -0.497 e. The van der Waals surface area contributed by atoms with Gasteiger partial charge in [0.2, 0.25) is 5.91 Å². The third-order valence-electron chi connectivity index (χ3n) is 4.78. The molecule has 0 aliphatic carbocycles. The first-order valence-corrected chi connectivity index (χ1v) is 10.9. The summed E-state index contributed by atoms with van der Waals surface area (Å²) in [6.45, 7) is 1.81. The van der Waals surface area contributed by atoms with Gasteiger partial charge in [-0.2, -0.15) is 0 Å². The Morgan fingerprint density at radius 1 is 1.06 bits per heavy atom. The second kappa shape index (κ2) is 9.65. The van der Waals surface area contributed by atoms with Crippen LogP contribution in [-0.2, 0) is 4.79 Å². The lowest BCUT2D eigenvalue weighted by Gasteiger charge is -2.11. The average Bonchev–Trinajstić information content (AvgIpc) is 3.25. The smallest absolute Gasteiger partial charge is 0.234 e. The van der Waals surface area contributed by atoms with Crippen LogP contribution in [-0.4, -0.2) is 33.5 Å². The summed E-state index contributed by atoms with van der Waals surface area (Å²) in [7, 11) is 1.61. The second-order valence-corrected chi connectivity index (χ2v) is 7.95. The van der Waals surface area contributed by atoms with E-state index in [-0.39, 0.29) is 11.7 Å². The van der Waals surface area contributed by atoms with Gasteiger partial charge in [-0.15, -0.1) is 10.2 Å². The fourth-order valence-corrected chi connectivity index (χ4v) is 3.92. The molecule has 4 rings (SSSR count). The van der Waals surface area contributed by atoms with Gasteiger partial charge in [0.25, 0.3) is 0 Å². The summed E-state index contributed by atoms with van der Waals surface area (Å²) in [5.41, 5.74) is 2.96. The summed E-state index contributed by atoms with van der Waals surface area (Å²) in [6.07, 6.45) is 0. The number of methoxy groups -OCH3 is 1. The number of thioether (sulfide) groups is 1. The molecule has 1 aromatic heterocycles. The van der Waals surface area contributed by atoms with Crippen molar-refractivity contribution in [1.82, 2.24) is 14.8 Å². The van der Waals surface area contributed by atoms with Crippen LogP contribution in [0.3, 0.4) is 0 Å². The zero-order chi connectivity index (χ0) is 22.5. The third-order valence-corrected chi connectivity index (χ3v) is 5.71. The van der Waals surface area contributed by atoms with Crippen LogP contribution < -0.4 is 10.1 Å². The predicted molar refractivity (Wildman–Crippen MR) is 124 cm³/mol. The maximum absolute atomic E-state index is 13.5. The van der Waals surface area contributed by atoms with Crippen molar-refractivity contribution in [2.24, 2.45) is 0 Å². The van der Waals surface area contributed by atoms with Crippen molar-refractivity contribution in [2.45, 2.75) is 12.1 Å². The Morgan fingerprint density at radius 3 is 2.66 bits per heavy atom. The molecule has 0 spiro atoms. The van der Waals surface area contributed by atoms with E-state index in [1.165, 1.54) is 23.9 Å². The normalized spacial score (nSPS) is 10.7. The number of ether oxygens (including phenoxy) is 1. The highest BCUT2D eigenvalue weighted by atomic mass is 32.2. The lowest BCUT2D eigenvalue weighted by atomic mass is 10.2. The van der Waals surface area contributed by atoms with E-state index >= 15 is 0 Å². The molecule has 162 valence electrons. The van der Waals surface area contributed by atoms with Crippen molar-refractivity contribution in [2.75, 3.05) is 18.2 Å². The van der Waals surface area contributed by atoms with Gasteiger partial charge in [-0.3, -0.25) is 9.36 Å². The first-order chi connectivity index (χ1) is 15.5. The molecule has 0 aliphatic rings. The summed E-state index contributed by atoms with van der Waals surface area (Å²) < 4.78 is 20.8. The van der Waals surface area contributed by atoms with E-state index in [1.54, 1.807) is 13.2 Å². The number of nitrogens with one attached hydrogen (secondary N) is 1. The SMILES string of the molecule is COc1cccc(-c2nnc(SCC(=O)Nc3cc(F)ccc3C)n2-c2ccccc2)c1. The number of benzene rings is 3. The zero-order valence-electron chi connectivity index (χ0n) is 17.6. The molecule has 1 heterocycles. The molecule has 6 nitrogen and oxygen atoms in total. The minimum atomic E-state index is -0.398. The van der Waals surface area contributed by atoms with Gasteiger partial charge >= 0.3 is 0 Å². The van der Waals surface area contributed by atoms with Gasteiger partial charge in [-0.05, 0) is 48.9 Å². The molecule has 0 bridgehead atoms. The summed E-state index contributed by atoms with van der Waals surface area (Å²) in [5, 5.41) is 12.0. The molecule has 0 saturated heterocycles. The lowest BCUT2D eigenvalue weighted by Crippen LogP contribution is -2.15. The predicted octanol–water partition coefficient (Wildman–Crippen LogP) is 5.12. The largest absolute Gasteiger partial charge is 0.497 e. The third kappa shape index (κ3) is 4.81. The number of hydrogen-bond acceptors (Lipinski definition) is 5. The molecule has 3 aromatic carbocycles. The number of carbonyl (C=O) groups excluding carboxylic acids is 1. The van der Waals surface area contributed by atoms with Crippen molar-refractivity contribution < 1.29 is 13.9 Å². The van der Waals surface area contributed by atoms with Crippen molar-refractivity contribution in [3.05, 3.63) is 84.2 Å². The second-order valence-electron chi connectivity index (χ2n) is 7.01. The zero-order valence-corrected chi connectivity index (χ0v) is 18.4. The number of anilines is 1. The van der Waals surface area contributed by atoms with Crippen LogP contribution in [0.15, 0.2) is 78.0 Å². The summed E-state index contributed by atoms with van der Waals surface area (Å²) in [5.74, 6) is 0.793. The Hall–Kier alpha value is -3.65. The van der Waals surface area contributed by atoms with E-state index in [2.05, 4.69) is 15.5 Å². The van der Waals surface area contributed by atoms with E-state index in [9.17, 15) is 9.18 Å². The number of carbonyl (C=O) groups is 1. The molecule has 0 saturated carbocycles. The maximum Gasteiger partial charge on any atom is 0.234 e. The average molecular weight is 449 g/mol. The number of halogens is 1. The van der Waals surface area contributed by atoms with Gasteiger partial charge < -0.3 is 10.1 Å². The van der Waals surface area contributed by atoms with E-state index < -0.39 is 5.82 Å². The van der Waals surface area contributed by atoms with Gasteiger partial charge in [-0.25, -0.2) is 4.39 Å². The molecule has 0 atom stereocenters. The Kier molecular flexibility index (Phi) is 6.51. The van der Waals surface area contributed by atoms with Gasteiger partial charge in [-0.1, -0.05) is 48.2 Å². The highest BCUT2D eigenvalue weighted by Gasteiger charge is 2.18. The van der Waals surface area contributed by atoms with E-state index in [0.717, 1.165) is 16.8 Å². The number of amides is 1. The highest BCUT2D eigenvalue weighted by molar-refractivity contribution is 7.99. The number of rotatable bonds is 7. The topological polar surface area (TPSA) is 69.0 Å². The molecule has 8 heteroatoms. The molecule has 0 aliphatic heterocycles. The van der Waals surface area contributed by atoms with E-state index in [4.69, 9.17) is 4.74 Å². The number of aryl methyl sites for hydroxylation is 1. The fourth-order valence-electron chi connectivity index (χ4n) is 3.17. The van der Waals surface area contributed by atoms with Crippen LogP contribution in [0.4, 0.5) is 10.1 Å². The van der Waals surface area contributed by atoms with Crippen LogP contribution in [0.5, 0.6) is 5.75 Å². The molecule has 32 heavy (non-hydrogen) atoms. The van der Waals surface area contributed by atoms with Gasteiger partial charge in [0.15, 0.2) is 11.0 Å². The Labute approximate surface area is 189 Å². The molecular formula is C24H21FN4O2S. The van der Waals surface area contributed by atoms with Crippen molar-refractivity contribution in [1.29, 1.82) is 0 Å². The summed E-state index contributed by atoms with van der Waals surface area (Å²) >= 11 is 1.26. The fraction of sp³-hybridized carbons (Fsp3) is 0.125. The molecule has 0 fully saturated rings. The number of aromatic nitrogens is 3. The Bertz CT molecular complexity index is 1240. The number of nitrogens with zero attached hydrogens (tertiary/aromatic N) is 3. The molecule has 4 aromatic rings. The van der Waals surface area contributed by atoms with Crippen molar-refractivity contribution >= 4 is 23.4 Å². The number of para-hydroxylation sites is 1. The van der Waals surface area contributed by atoms with Crippen LogP contribution in [0, 0.1) is 12.7 Å². The Balaban J connectivity index is 1.60. The van der Waals surface area contributed by atoms with Crippen molar-refractivity contribution in [3.63, 3.8) is 0 Å². The quantitative estimate of drug-likeness (QED) is 0.398. The molecule has 1 amide bonds. The lowest BCUT2D eigenvalue weighted by molar-refractivity contribution is -0.113. The Morgan fingerprint density at radius 2 is 1.88 bits per heavy atom. The summed E-state index contributed by atoms with van der Waals surface area (Å²) in [4.78, 5) is 12.5. The maximum atomic E-state index is 13.5. The van der Waals surface area contributed by atoms with Gasteiger partial charge in [0.05, 0.1) is 12.9 Å². The number of hydrogen-bond donors (Lipinski definition) is 1. The van der Waals surface area contributed by atoms with Crippen LogP contribution >= 0.6 is 11.8 Å². The molecule has 1 N–H and O–H groups in total. The van der Waals surface area contributed by atoms with Crippen molar-refractivity contribution in [3.8, 4) is 22.8 Å².